The number of benzene rings is 1. The van der Waals surface area contributed by atoms with Gasteiger partial charge in [0.1, 0.15) is 5.84 Å². The number of sulfonamides is 1. The number of fused-ring (bicyclic) bond motifs is 1. The van der Waals surface area contributed by atoms with E-state index in [1.807, 2.05) is 4.57 Å². The first-order valence-electron chi connectivity index (χ1n) is 8.55. The molecule has 1 aliphatic heterocycles. The molecule has 11 heteroatoms. The lowest BCUT2D eigenvalue weighted by Crippen LogP contribution is -2.26. The molecular formula is C16H18N6O3S2. The summed E-state index contributed by atoms with van der Waals surface area (Å²) < 4.78 is 29.0. The van der Waals surface area contributed by atoms with Crippen LogP contribution in [0.1, 0.15) is 36.7 Å². The van der Waals surface area contributed by atoms with Crippen molar-refractivity contribution in [2.75, 3.05) is 6.54 Å². The molecule has 2 aliphatic rings. The number of rotatable bonds is 6. The first-order valence-corrected chi connectivity index (χ1v) is 10.4. The van der Waals surface area contributed by atoms with Gasteiger partial charge in [-0.1, -0.05) is 12.1 Å². The van der Waals surface area contributed by atoms with Gasteiger partial charge < -0.3 is 5.32 Å². The highest BCUT2D eigenvalue weighted by Gasteiger charge is 2.30. The van der Waals surface area contributed by atoms with Gasteiger partial charge in [-0.25, -0.2) is 8.42 Å². The lowest BCUT2D eigenvalue weighted by atomic mass is 10.2. The number of aromatic nitrogens is 3. The lowest BCUT2D eigenvalue weighted by molar-refractivity contribution is -0.121. The van der Waals surface area contributed by atoms with E-state index in [1.165, 1.54) is 6.07 Å². The number of nitrogens with one attached hydrogen (secondary N) is 3. The number of carbonyl (C=O) groups excluding carboxylic acids is 1. The smallest absolute Gasteiger partial charge is 0.263 e. The van der Waals surface area contributed by atoms with Crippen LogP contribution in [0.3, 0.4) is 0 Å². The molecule has 1 fully saturated rings. The number of aliphatic imine (C=N–C) groups is 1. The third-order valence-electron chi connectivity index (χ3n) is 4.40. The second-order valence-corrected chi connectivity index (χ2v) is 8.44. The molecule has 0 bridgehead atoms. The Bertz CT molecular complexity index is 1080. The van der Waals surface area contributed by atoms with Gasteiger partial charge in [-0.15, -0.1) is 0 Å². The number of H-pyrrole nitrogens is 1. The van der Waals surface area contributed by atoms with Crippen LogP contribution in [0.2, 0.25) is 0 Å². The van der Waals surface area contributed by atoms with Gasteiger partial charge in [0.25, 0.3) is 10.0 Å². The molecule has 0 spiro atoms. The zero-order valence-corrected chi connectivity index (χ0v) is 15.9. The van der Waals surface area contributed by atoms with E-state index in [2.05, 4.69) is 25.2 Å². The van der Waals surface area contributed by atoms with Crippen LogP contribution in [0.15, 0.2) is 34.2 Å². The van der Waals surface area contributed by atoms with Gasteiger partial charge >= 0.3 is 0 Å². The molecule has 0 saturated heterocycles. The van der Waals surface area contributed by atoms with Gasteiger partial charge in [-0.2, -0.15) is 5.10 Å². The Morgan fingerprint density at radius 3 is 2.93 bits per heavy atom. The molecule has 1 aromatic carbocycles. The SMILES string of the molecule is O=C(CCN=C1NS(=O)(=O)c2ccccc21)NCc1n[nH]c(=S)n1C1CC1. The van der Waals surface area contributed by atoms with Crippen molar-refractivity contribution in [1.82, 2.24) is 24.8 Å². The first-order chi connectivity index (χ1) is 13.0. The van der Waals surface area contributed by atoms with Crippen molar-refractivity contribution in [3.63, 3.8) is 0 Å². The van der Waals surface area contributed by atoms with E-state index in [0.717, 1.165) is 12.8 Å². The Labute approximate surface area is 160 Å². The van der Waals surface area contributed by atoms with E-state index < -0.39 is 10.0 Å². The van der Waals surface area contributed by atoms with Crippen molar-refractivity contribution in [3.8, 4) is 0 Å². The van der Waals surface area contributed by atoms with E-state index in [0.29, 0.717) is 22.2 Å². The summed E-state index contributed by atoms with van der Waals surface area (Å²) >= 11 is 5.21. The van der Waals surface area contributed by atoms with Crippen LogP contribution >= 0.6 is 12.2 Å². The van der Waals surface area contributed by atoms with Crippen LogP contribution in [0.25, 0.3) is 0 Å². The highest BCUT2D eigenvalue weighted by atomic mass is 32.2. The molecule has 0 unspecified atom stereocenters. The van der Waals surface area contributed by atoms with Crippen molar-refractivity contribution >= 4 is 34.0 Å². The Morgan fingerprint density at radius 2 is 2.15 bits per heavy atom. The van der Waals surface area contributed by atoms with Crippen molar-refractivity contribution in [2.24, 2.45) is 4.99 Å². The number of amides is 1. The number of carbonyl (C=O) groups is 1. The van der Waals surface area contributed by atoms with E-state index >= 15 is 0 Å². The molecule has 4 rings (SSSR count). The molecule has 2 heterocycles. The molecule has 0 radical (unpaired) electrons. The molecule has 142 valence electrons. The molecule has 0 atom stereocenters. The van der Waals surface area contributed by atoms with E-state index in [1.54, 1.807) is 18.2 Å². The van der Waals surface area contributed by atoms with Gasteiger partial charge in [-0.3, -0.25) is 24.2 Å². The summed E-state index contributed by atoms with van der Waals surface area (Å²) in [4.78, 5) is 16.5. The van der Waals surface area contributed by atoms with Gasteiger partial charge in [0.15, 0.2) is 10.6 Å². The molecule has 1 saturated carbocycles. The number of hydrogen-bond acceptors (Lipinski definition) is 6. The monoisotopic (exact) mass is 406 g/mol. The number of amidine groups is 1. The van der Waals surface area contributed by atoms with Crippen molar-refractivity contribution in [2.45, 2.75) is 36.7 Å². The third kappa shape index (κ3) is 3.65. The van der Waals surface area contributed by atoms with E-state index in [9.17, 15) is 13.2 Å². The Hall–Kier alpha value is -2.53. The fourth-order valence-electron chi connectivity index (χ4n) is 2.96. The molecule has 1 aromatic heterocycles. The normalized spacial score (nSPS) is 18.9. The Balaban J connectivity index is 1.34. The standard InChI is InChI=1S/C16H18N6O3S2/c23-14(18-9-13-19-20-16(26)22(13)10-5-6-10)7-8-17-15-11-3-1-2-4-12(11)27(24,25)21-15/h1-4,10H,5-9H2,(H,17,21)(H,18,23)(H,20,26). The minimum absolute atomic E-state index is 0.141. The number of hydrogen-bond donors (Lipinski definition) is 3. The maximum absolute atomic E-state index is 12.1. The molecule has 27 heavy (non-hydrogen) atoms. The minimum Gasteiger partial charge on any atom is -0.349 e. The van der Waals surface area contributed by atoms with E-state index in [4.69, 9.17) is 12.2 Å². The number of nitrogens with zero attached hydrogens (tertiary/aromatic N) is 3. The van der Waals surface area contributed by atoms with Crippen molar-refractivity contribution in [3.05, 3.63) is 40.4 Å². The zero-order chi connectivity index (χ0) is 19.0. The second kappa shape index (κ2) is 6.89. The first kappa shape index (κ1) is 17.9. The fourth-order valence-corrected chi connectivity index (χ4v) is 4.51. The topological polar surface area (TPSA) is 121 Å². The summed E-state index contributed by atoms with van der Waals surface area (Å²) in [5, 5.41) is 9.72. The van der Waals surface area contributed by atoms with Crippen molar-refractivity contribution < 1.29 is 13.2 Å². The highest BCUT2D eigenvalue weighted by molar-refractivity contribution is 7.90. The van der Waals surface area contributed by atoms with Crippen LogP contribution < -0.4 is 10.0 Å². The van der Waals surface area contributed by atoms with Gasteiger partial charge in [0.2, 0.25) is 5.91 Å². The minimum atomic E-state index is -3.56. The van der Waals surface area contributed by atoms with Crippen LogP contribution in [0, 0.1) is 4.77 Å². The number of aromatic amines is 1. The summed E-state index contributed by atoms with van der Waals surface area (Å²) in [5.41, 5.74) is 0.526. The summed E-state index contributed by atoms with van der Waals surface area (Å²) in [7, 11) is -3.56. The summed E-state index contributed by atoms with van der Waals surface area (Å²) in [6, 6.07) is 7.00. The molecule has 1 aliphatic carbocycles. The van der Waals surface area contributed by atoms with Gasteiger partial charge in [-0.05, 0) is 37.2 Å². The molecule has 2 aromatic rings. The van der Waals surface area contributed by atoms with Crippen molar-refractivity contribution in [1.29, 1.82) is 0 Å². The van der Waals surface area contributed by atoms with E-state index in [-0.39, 0.29) is 36.1 Å². The second-order valence-electron chi connectivity index (χ2n) is 6.40. The summed E-state index contributed by atoms with van der Waals surface area (Å²) in [6.07, 6.45) is 2.29. The Morgan fingerprint density at radius 1 is 1.37 bits per heavy atom. The molecule has 9 nitrogen and oxygen atoms in total. The largest absolute Gasteiger partial charge is 0.349 e. The van der Waals surface area contributed by atoms with Gasteiger partial charge in [0, 0.05) is 18.0 Å². The predicted octanol–water partition coefficient (Wildman–Crippen LogP) is 1.02. The fraction of sp³-hybridized carbons (Fsp3) is 0.375. The van der Waals surface area contributed by atoms with Crippen LogP contribution in [0.5, 0.6) is 0 Å². The molecule has 1 amide bonds. The Kier molecular flexibility index (Phi) is 4.56. The predicted molar refractivity (Wildman–Crippen MR) is 100 cm³/mol. The zero-order valence-electron chi connectivity index (χ0n) is 14.3. The average molecular weight is 406 g/mol. The van der Waals surface area contributed by atoms with Crippen LogP contribution in [0.4, 0.5) is 0 Å². The van der Waals surface area contributed by atoms with Crippen LogP contribution in [-0.2, 0) is 21.4 Å². The maximum Gasteiger partial charge on any atom is 0.263 e. The maximum atomic E-state index is 12.1. The summed E-state index contributed by atoms with van der Waals surface area (Å²) in [6.45, 7) is 0.460. The quantitative estimate of drug-likeness (QED) is 0.619. The van der Waals surface area contributed by atoms with Crippen LogP contribution in [-0.4, -0.2) is 41.5 Å². The summed E-state index contributed by atoms with van der Waals surface area (Å²) in [5.74, 6) is 0.789. The average Bonchev–Trinajstić information content (AvgIpc) is 3.36. The highest BCUT2D eigenvalue weighted by Crippen LogP contribution is 2.35. The van der Waals surface area contributed by atoms with Gasteiger partial charge in [0.05, 0.1) is 18.0 Å². The lowest BCUT2D eigenvalue weighted by Gasteiger charge is -2.06. The molecule has 3 N–H and O–H groups in total. The third-order valence-corrected chi connectivity index (χ3v) is 6.09. The molecular weight excluding hydrogens is 388 g/mol.